The number of aliphatic hydroxyl groups excluding tert-OH is 1. The molecule has 1 aromatic rings. The molecule has 0 amide bonds. The SMILES string of the molecule is CCC(CO)Cc1ccc(OC)c(F)c1. The van der Waals surface area contributed by atoms with E-state index in [9.17, 15) is 4.39 Å². The van der Waals surface area contributed by atoms with Crippen molar-refractivity contribution in [1.82, 2.24) is 0 Å². The Balaban J connectivity index is 2.74. The van der Waals surface area contributed by atoms with Gasteiger partial charge < -0.3 is 9.84 Å². The molecule has 0 aliphatic carbocycles. The fourth-order valence-corrected chi connectivity index (χ4v) is 1.51. The van der Waals surface area contributed by atoms with Crippen LogP contribution in [-0.2, 0) is 6.42 Å². The highest BCUT2D eigenvalue weighted by atomic mass is 19.1. The molecule has 0 saturated heterocycles. The van der Waals surface area contributed by atoms with Crippen LogP contribution in [0.5, 0.6) is 5.75 Å². The van der Waals surface area contributed by atoms with Gasteiger partial charge in [0.05, 0.1) is 7.11 Å². The Labute approximate surface area is 89.7 Å². The van der Waals surface area contributed by atoms with Gasteiger partial charge in [-0.1, -0.05) is 19.4 Å². The number of rotatable bonds is 5. The molecule has 1 rings (SSSR count). The molecule has 84 valence electrons. The highest BCUT2D eigenvalue weighted by Crippen LogP contribution is 2.20. The zero-order valence-electron chi connectivity index (χ0n) is 9.16. The van der Waals surface area contributed by atoms with E-state index in [-0.39, 0.29) is 24.1 Å². The highest BCUT2D eigenvalue weighted by molar-refractivity contribution is 5.29. The highest BCUT2D eigenvalue weighted by Gasteiger charge is 2.08. The second kappa shape index (κ2) is 5.71. The Morgan fingerprint density at radius 1 is 1.47 bits per heavy atom. The quantitative estimate of drug-likeness (QED) is 0.812. The Morgan fingerprint density at radius 3 is 2.67 bits per heavy atom. The van der Waals surface area contributed by atoms with E-state index in [1.54, 1.807) is 6.07 Å². The molecular weight excluding hydrogens is 195 g/mol. The van der Waals surface area contributed by atoms with Crippen molar-refractivity contribution < 1.29 is 14.2 Å². The predicted octanol–water partition coefficient (Wildman–Crippen LogP) is 2.40. The lowest BCUT2D eigenvalue weighted by Gasteiger charge is -2.12. The van der Waals surface area contributed by atoms with E-state index < -0.39 is 0 Å². The van der Waals surface area contributed by atoms with Crippen LogP contribution in [0.1, 0.15) is 18.9 Å². The molecule has 1 unspecified atom stereocenters. The van der Waals surface area contributed by atoms with Crippen LogP contribution in [0.2, 0.25) is 0 Å². The van der Waals surface area contributed by atoms with Crippen LogP contribution >= 0.6 is 0 Å². The van der Waals surface area contributed by atoms with Gasteiger partial charge in [0.1, 0.15) is 0 Å². The van der Waals surface area contributed by atoms with Gasteiger partial charge in [-0.05, 0) is 30.0 Å². The third kappa shape index (κ3) is 3.20. The van der Waals surface area contributed by atoms with Crippen LogP contribution in [0.3, 0.4) is 0 Å². The molecular formula is C12H17FO2. The van der Waals surface area contributed by atoms with Gasteiger partial charge in [-0.25, -0.2) is 4.39 Å². The maximum absolute atomic E-state index is 13.3. The van der Waals surface area contributed by atoms with Crippen LogP contribution in [0.25, 0.3) is 0 Å². The summed E-state index contributed by atoms with van der Waals surface area (Å²) in [7, 11) is 1.45. The topological polar surface area (TPSA) is 29.5 Å². The zero-order valence-corrected chi connectivity index (χ0v) is 9.16. The summed E-state index contributed by atoms with van der Waals surface area (Å²) < 4.78 is 18.2. The summed E-state index contributed by atoms with van der Waals surface area (Å²) in [6.07, 6.45) is 1.60. The molecule has 0 fully saturated rings. The lowest BCUT2D eigenvalue weighted by atomic mass is 9.98. The van der Waals surface area contributed by atoms with Gasteiger partial charge >= 0.3 is 0 Å². The fourth-order valence-electron chi connectivity index (χ4n) is 1.51. The molecule has 15 heavy (non-hydrogen) atoms. The molecule has 2 nitrogen and oxygen atoms in total. The summed E-state index contributed by atoms with van der Waals surface area (Å²) in [5.41, 5.74) is 0.897. The number of halogens is 1. The van der Waals surface area contributed by atoms with Crippen molar-refractivity contribution in [1.29, 1.82) is 0 Å². The minimum atomic E-state index is -0.345. The first kappa shape index (κ1) is 12.0. The first-order chi connectivity index (χ1) is 7.21. The van der Waals surface area contributed by atoms with E-state index in [0.29, 0.717) is 6.42 Å². The first-order valence-corrected chi connectivity index (χ1v) is 5.14. The number of hydrogen-bond acceptors (Lipinski definition) is 2. The minimum absolute atomic E-state index is 0.143. The Kier molecular flexibility index (Phi) is 4.56. The third-order valence-electron chi connectivity index (χ3n) is 2.58. The van der Waals surface area contributed by atoms with Gasteiger partial charge in [0, 0.05) is 6.61 Å². The molecule has 0 saturated carbocycles. The third-order valence-corrected chi connectivity index (χ3v) is 2.58. The summed E-state index contributed by atoms with van der Waals surface area (Å²) in [4.78, 5) is 0. The smallest absolute Gasteiger partial charge is 0.165 e. The lowest BCUT2D eigenvalue weighted by Crippen LogP contribution is -2.08. The molecule has 0 aliphatic heterocycles. The monoisotopic (exact) mass is 212 g/mol. The molecule has 0 spiro atoms. The van der Waals surface area contributed by atoms with Crippen molar-refractivity contribution >= 4 is 0 Å². The fraction of sp³-hybridized carbons (Fsp3) is 0.500. The predicted molar refractivity (Wildman–Crippen MR) is 57.5 cm³/mol. The van der Waals surface area contributed by atoms with E-state index >= 15 is 0 Å². The van der Waals surface area contributed by atoms with E-state index in [2.05, 4.69) is 0 Å². The summed E-state index contributed by atoms with van der Waals surface area (Å²) in [5, 5.41) is 9.04. The second-order valence-corrected chi connectivity index (χ2v) is 3.63. The van der Waals surface area contributed by atoms with Crippen LogP contribution < -0.4 is 4.74 Å². The van der Waals surface area contributed by atoms with Crippen LogP contribution in [0.15, 0.2) is 18.2 Å². The summed E-state index contributed by atoms with van der Waals surface area (Å²) in [6.45, 7) is 2.16. The molecule has 1 aromatic carbocycles. The van der Waals surface area contributed by atoms with Crippen molar-refractivity contribution in [2.45, 2.75) is 19.8 Å². The molecule has 1 atom stereocenters. The van der Waals surface area contributed by atoms with Gasteiger partial charge in [0.2, 0.25) is 0 Å². The minimum Gasteiger partial charge on any atom is -0.494 e. The van der Waals surface area contributed by atoms with E-state index in [0.717, 1.165) is 12.0 Å². The zero-order chi connectivity index (χ0) is 11.3. The van der Waals surface area contributed by atoms with Gasteiger partial charge in [-0.2, -0.15) is 0 Å². The van der Waals surface area contributed by atoms with E-state index in [1.165, 1.54) is 13.2 Å². The normalized spacial score (nSPS) is 12.5. The molecule has 0 bridgehead atoms. The van der Waals surface area contributed by atoms with Crippen LogP contribution in [0.4, 0.5) is 4.39 Å². The number of ether oxygens (including phenoxy) is 1. The maximum Gasteiger partial charge on any atom is 0.165 e. The lowest BCUT2D eigenvalue weighted by molar-refractivity contribution is 0.222. The van der Waals surface area contributed by atoms with E-state index in [1.807, 2.05) is 13.0 Å². The molecule has 1 N–H and O–H groups in total. The van der Waals surface area contributed by atoms with E-state index in [4.69, 9.17) is 9.84 Å². The summed E-state index contributed by atoms with van der Waals surface area (Å²) in [5.74, 6) is 0.122. The summed E-state index contributed by atoms with van der Waals surface area (Å²) in [6, 6.07) is 4.92. The average Bonchev–Trinajstić information content (AvgIpc) is 2.26. The molecule has 0 aromatic heterocycles. The number of aliphatic hydroxyl groups is 1. The maximum atomic E-state index is 13.3. The van der Waals surface area contributed by atoms with Gasteiger partial charge in [0.25, 0.3) is 0 Å². The van der Waals surface area contributed by atoms with Crippen molar-refractivity contribution in [2.24, 2.45) is 5.92 Å². The Bertz CT molecular complexity index is 308. The van der Waals surface area contributed by atoms with Gasteiger partial charge in [-0.15, -0.1) is 0 Å². The van der Waals surface area contributed by atoms with Crippen LogP contribution in [-0.4, -0.2) is 18.8 Å². The second-order valence-electron chi connectivity index (χ2n) is 3.63. The van der Waals surface area contributed by atoms with Crippen molar-refractivity contribution in [3.63, 3.8) is 0 Å². The summed E-state index contributed by atoms with van der Waals surface area (Å²) >= 11 is 0. The molecule has 0 aliphatic rings. The Hall–Kier alpha value is -1.09. The Morgan fingerprint density at radius 2 is 2.20 bits per heavy atom. The molecule has 3 heteroatoms. The van der Waals surface area contributed by atoms with Crippen LogP contribution in [0, 0.1) is 11.7 Å². The van der Waals surface area contributed by atoms with Gasteiger partial charge in [0.15, 0.2) is 11.6 Å². The van der Waals surface area contributed by atoms with Crippen molar-refractivity contribution in [3.05, 3.63) is 29.6 Å². The van der Waals surface area contributed by atoms with Gasteiger partial charge in [-0.3, -0.25) is 0 Å². The van der Waals surface area contributed by atoms with Crippen molar-refractivity contribution in [2.75, 3.05) is 13.7 Å². The van der Waals surface area contributed by atoms with Crippen molar-refractivity contribution in [3.8, 4) is 5.75 Å². The number of hydrogen-bond donors (Lipinski definition) is 1. The standard InChI is InChI=1S/C12H17FO2/c1-3-9(8-14)6-10-4-5-12(15-2)11(13)7-10/h4-5,7,9,14H,3,6,8H2,1-2H3. The number of methoxy groups -OCH3 is 1. The average molecular weight is 212 g/mol. The molecule has 0 radical (unpaired) electrons. The largest absolute Gasteiger partial charge is 0.494 e. The molecule has 0 heterocycles. The number of benzene rings is 1. The first-order valence-electron chi connectivity index (χ1n) is 5.14.